The molecule has 0 aromatic carbocycles. The summed E-state index contributed by atoms with van der Waals surface area (Å²) in [5.74, 6) is -0.397. The molecule has 0 aromatic heterocycles. The number of hydrogen-bond donors (Lipinski definition) is 4. The molecule has 4 N–H and O–H groups in total. The summed E-state index contributed by atoms with van der Waals surface area (Å²) in [6.45, 7) is 2.13. The SMILES string of the molecule is CCCCOC(=O)N[C@@H]1C[C@H](CO)[C@@H](O)[C@H]1O. The molecule has 6 nitrogen and oxygen atoms in total. The van der Waals surface area contributed by atoms with Crippen molar-refractivity contribution in [1.82, 2.24) is 5.32 Å². The largest absolute Gasteiger partial charge is 0.450 e. The average molecular weight is 247 g/mol. The van der Waals surface area contributed by atoms with E-state index < -0.39 is 30.3 Å². The minimum absolute atomic E-state index is 0.207. The summed E-state index contributed by atoms with van der Waals surface area (Å²) in [6.07, 6.45) is -0.561. The van der Waals surface area contributed by atoms with E-state index >= 15 is 0 Å². The number of alkyl carbamates (subject to hydrolysis) is 1. The Kier molecular flexibility index (Phi) is 5.67. The Labute approximate surface area is 101 Å². The van der Waals surface area contributed by atoms with Gasteiger partial charge in [-0.3, -0.25) is 0 Å². The van der Waals surface area contributed by atoms with Gasteiger partial charge in [-0.2, -0.15) is 0 Å². The van der Waals surface area contributed by atoms with Crippen molar-refractivity contribution in [3.63, 3.8) is 0 Å². The average Bonchev–Trinajstić information content (AvgIpc) is 2.57. The molecule has 17 heavy (non-hydrogen) atoms. The third-order valence-electron chi connectivity index (χ3n) is 3.07. The topological polar surface area (TPSA) is 99.0 Å². The molecule has 1 aliphatic carbocycles. The summed E-state index contributed by atoms with van der Waals surface area (Å²) in [6, 6.07) is -0.559. The number of aliphatic hydroxyl groups is 3. The van der Waals surface area contributed by atoms with Gasteiger partial charge in [-0.05, 0) is 12.8 Å². The second kappa shape index (κ2) is 6.78. The Bertz CT molecular complexity index is 248. The molecule has 1 aliphatic rings. The summed E-state index contributed by atoms with van der Waals surface area (Å²) >= 11 is 0. The molecule has 1 saturated carbocycles. The first-order chi connectivity index (χ1) is 8.10. The van der Waals surface area contributed by atoms with Crippen LogP contribution in [0, 0.1) is 5.92 Å². The molecule has 0 heterocycles. The zero-order valence-corrected chi connectivity index (χ0v) is 10.0. The molecule has 0 radical (unpaired) electrons. The smallest absolute Gasteiger partial charge is 0.407 e. The Morgan fingerprint density at radius 2 is 2.12 bits per heavy atom. The minimum atomic E-state index is -1.05. The second-order valence-electron chi connectivity index (χ2n) is 4.40. The molecule has 0 spiro atoms. The van der Waals surface area contributed by atoms with Crippen LogP contribution in [-0.2, 0) is 4.74 Å². The van der Waals surface area contributed by atoms with Crippen LogP contribution in [0.1, 0.15) is 26.2 Å². The summed E-state index contributed by atoms with van der Waals surface area (Å²) in [4.78, 5) is 11.3. The van der Waals surface area contributed by atoms with Gasteiger partial charge in [-0.15, -0.1) is 0 Å². The van der Waals surface area contributed by atoms with E-state index in [-0.39, 0.29) is 6.61 Å². The zero-order chi connectivity index (χ0) is 12.8. The molecule has 1 fully saturated rings. The van der Waals surface area contributed by atoms with Crippen LogP contribution in [0.15, 0.2) is 0 Å². The zero-order valence-electron chi connectivity index (χ0n) is 10.0. The van der Waals surface area contributed by atoms with Gasteiger partial charge in [0.05, 0.1) is 18.8 Å². The van der Waals surface area contributed by atoms with Crippen LogP contribution in [-0.4, -0.2) is 52.9 Å². The fourth-order valence-corrected chi connectivity index (χ4v) is 1.95. The molecule has 4 atom stereocenters. The van der Waals surface area contributed by atoms with Gasteiger partial charge in [-0.1, -0.05) is 13.3 Å². The van der Waals surface area contributed by atoms with Crippen molar-refractivity contribution in [2.45, 2.75) is 44.4 Å². The van der Waals surface area contributed by atoms with E-state index in [1.54, 1.807) is 0 Å². The van der Waals surface area contributed by atoms with Crippen molar-refractivity contribution in [3.05, 3.63) is 0 Å². The van der Waals surface area contributed by atoms with Crippen LogP contribution in [0.5, 0.6) is 0 Å². The fraction of sp³-hybridized carbons (Fsp3) is 0.909. The second-order valence-corrected chi connectivity index (χ2v) is 4.40. The molecular weight excluding hydrogens is 226 g/mol. The monoisotopic (exact) mass is 247 g/mol. The van der Waals surface area contributed by atoms with Crippen molar-refractivity contribution >= 4 is 6.09 Å². The number of hydrogen-bond acceptors (Lipinski definition) is 5. The van der Waals surface area contributed by atoms with Crippen LogP contribution in [0.2, 0.25) is 0 Å². The lowest BCUT2D eigenvalue weighted by molar-refractivity contribution is -0.000274. The number of rotatable bonds is 5. The van der Waals surface area contributed by atoms with Gasteiger partial charge in [-0.25, -0.2) is 4.79 Å². The Morgan fingerprint density at radius 1 is 1.41 bits per heavy atom. The van der Waals surface area contributed by atoms with E-state index in [1.165, 1.54) is 0 Å². The number of nitrogens with one attached hydrogen (secondary N) is 1. The first kappa shape index (κ1) is 14.2. The van der Waals surface area contributed by atoms with Crippen LogP contribution in [0.25, 0.3) is 0 Å². The molecule has 6 heteroatoms. The van der Waals surface area contributed by atoms with Crippen molar-refractivity contribution in [1.29, 1.82) is 0 Å². The normalized spacial score (nSPS) is 32.5. The molecule has 1 amide bonds. The summed E-state index contributed by atoms with van der Waals surface area (Å²) < 4.78 is 4.89. The predicted octanol–water partition coefficient (Wildman–Crippen LogP) is -0.385. The highest BCUT2D eigenvalue weighted by Crippen LogP contribution is 2.26. The van der Waals surface area contributed by atoms with Crippen molar-refractivity contribution in [2.75, 3.05) is 13.2 Å². The van der Waals surface area contributed by atoms with Crippen LogP contribution in [0.3, 0.4) is 0 Å². The van der Waals surface area contributed by atoms with Crippen LogP contribution < -0.4 is 5.32 Å². The molecular formula is C11H21NO5. The van der Waals surface area contributed by atoms with Gasteiger partial charge in [0.15, 0.2) is 0 Å². The Hall–Kier alpha value is -0.850. The Morgan fingerprint density at radius 3 is 2.65 bits per heavy atom. The molecule has 100 valence electrons. The molecule has 0 bridgehead atoms. The van der Waals surface area contributed by atoms with Gasteiger partial charge < -0.3 is 25.4 Å². The number of carbonyl (C=O) groups excluding carboxylic acids is 1. The summed E-state index contributed by atoms with van der Waals surface area (Å²) in [7, 11) is 0. The van der Waals surface area contributed by atoms with E-state index in [2.05, 4.69) is 5.32 Å². The predicted molar refractivity (Wildman–Crippen MR) is 60.4 cm³/mol. The molecule has 1 rings (SSSR count). The Balaban J connectivity index is 2.34. The summed E-state index contributed by atoms with van der Waals surface area (Å²) in [5.41, 5.74) is 0. The quantitative estimate of drug-likeness (QED) is 0.496. The lowest BCUT2D eigenvalue weighted by Crippen LogP contribution is -2.43. The third-order valence-corrected chi connectivity index (χ3v) is 3.07. The number of amides is 1. The van der Waals surface area contributed by atoms with E-state index in [0.29, 0.717) is 13.0 Å². The van der Waals surface area contributed by atoms with Gasteiger partial charge >= 0.3 is 6.09 Å². The fourth-order valence-electron chi connectivity index (χ4n) is 1.95. The van der Waals surface area contributed by atoms with Crippen molar-refractivity contribution in [2.24, 2.45) is 5.92 Å². The maximum atomic E-state index is 11.3. The summed E-state index contributed by atoms with van der Waals surface area (Å²) in [5, 5.41) is 30.7. The standard InChI is InChI=1S/C11H21NO5/c1-2-3-4-17-11(16)12-8-5-7(6-13)9(14)10(8)15/h7-10,13-15H,2-6H2,1H3,(H,12,16)/t7-,8-,9-,10+/m1/s1. The van der Waals surface area contributed by atoms with E-state index in [4.69, 9.17) is 9.84 Å². The first-order valence-corrected chi connectivity index (χ1v) is 6.00. The van der Waals surface area contributed by atoms with E-state index in [9.17, 15) is 15.0 Å². The van der Waals surface area contributed by atoms with Crippen molar-refractivity contribution in [3.8, 4) is 0 Å². The molecule has 0 aromatic rings. The highest BCUT2D eigenvalue weighted by molar-refractivity contribution is 5.67. The molecule has 0 unspecified atom stereocenters. The van der Waals surface area contributed by atoms with Gasteiger partial charge in [0, 0.05) is 12.5 Å². The lowest BCUT2D eigenvalue weighted by atomic mass is 10.1. The highest BCUT2D eigenvalue weighted by atomic mass is 16.5. The molecule has 0 aliphatic heterocycles. The van der Waals surface area contributed by atoms with Crippen LogP contribution in [0.4, 0.5) is 4.79 Å². The maximum absolute atomic E-state index is 11.3. The highest BCUT2D eigenvalue weighted by Gasteiger charge is 2.41. The third kappa shape index (κ3) is 3.83. The van der Waals surface area contributed by atoms with Gasteiger partial charge in [0.2, 0.25) is 0 Å². The molecule has 0 saturated heterocycles. The number of ether oxygens (including phenoxy) is 1. The number of aliphatic hydroxyl groups excluding tert-OH is 3. The minimum Gasteiger partial charge on any atom is -0.450 e. The number of unbranched alkanes of at least 4 members (excludes halogenated alkanes) is 1. The van der Waals surface area contributed by atoms with Crippen molar-refractivity contribution < 1.29 is 24.9 Å². The number of carbonyl (C=O) groups is 1. The lowest BCUT2D eigenvalue weighted by Gasteiger charge is -2.17. The maximum Gasteiger partial charge on any atom is 0.407 e. The van der Waals surface area contributed by atoms with Gasteiger partial charge in [0.1, 0.15) is 6.10 Å². The first-order valence-electron chi connectivity index (χ1n) is 6.00. The van der Waals surface area contributed by atoms with Gasteiger partial charge in [0.25, 0.3) is 0 Å². The van der Waals surface area contributed by atoms with Crippen LogP contribution >= 0.6 is 0 Å². The van der Waals surface area contributed by atoms with E-state index in [1.807, 2.05) is 6.92 Å². The van der Waals surface area contributed by atoms with E-state index in [0.717, 1.165) is 12.8 Å².